The van der Waals surface area contributed by atoms with Gasteiger partial charge in [-0.2, -0.15) is 5.43 Å². The summed E-state index contributed by atoms with van der Waals surface area (Å²) >= 11 is 0. The molecule has 132 valence electrons. The average molecular weight is 348 g/mol. The molecule has 0 spiro atoms. The van der Waals surface area contributed by atoms with Crippen LogP contribution < -0.4 is 15.6 Å². The van der Waals surface area contributed by atoms with E-state index in [1.165, 1.54) is 24.1 Å². The van der Waals surface area contributed by atoms with E-state index in [0.29, 0.717) is 5.96 Å². The topological polar surface area (TPSA) is 62.5 Å². The quantitative estimate of drug-likeness (QED) is 0.326. The second kappa shape index (κ2) is 7.00. The Bertz CT molecular complexity index is 973. The summed E-state index contributed by atoms with van der Waals surface area (Å²) in [6.07, 6.45) is 8.39. The predicted molar refractivity (Wildman–Crippen MR) is 103 cm³/mol. The molecule has 0 atom stereocenters. The Labute approximate surface area is 152 Å². The number of nitrogens with two attached hydrogens (primary N) is 1. The lowest BCUT2D eigenvalue weighted by molar-refractivity contribution is -0.510. The minimum Gasteiger partial charge on any atom is -0.289 e. The van der Waals surface area contributed by atoms with Gasteiger partial charge in [0.1, 0.15) is 6.20 Å². The molecule has 26 heavy (non-hydrogen) atoms. The number of hydrogen-bond acceptors (Lipinski definition) is 1. The second-order valence-electron chi connectivity index (χ2n) is 6.61. The van der Waals surface area contributed by atoms with Crippen molar-refractivity contribution in [3.8, 4) is 11.3 Å². The molecule has 0 unspecified atom stereocenters. The first-order valence-corrected chi connectivity index (χ1v) is 8.95. The van der Waals surface area contributed by atoms with Crippen molar-refractivity contribution in [1.82, 2.24) is 9.99 Å². The van der Waals surface area contributed by atoms with Gasteiger partial charge in [0, 0.05) is 11.6 Å². The minimum atomic E-state index is 0.628. The normalized spacial score (nSPS) is 14.4. The summed E-state index contributed by atoms with van der Waals surface area (Å²) in [5.74, 6) is 0.628. The fourth-order valence-electron chi connectivity index (χ4n) is 3.39. The summed E-state index contributed by atoms with van der Waals surface area (Å²) in [6, 6.07) is 14.6. The molecule has 0 bridgehead atoms. The number of benzene rings is 1. The first-order valence-electron chi connectivity index (χ1n) is 8.95. The highest BCUT2D eigenvalue weighted by atomic mass is 15.4. The smallest absolute Gasteiger partial charge is 0.289 e. The van der Waals surface area contributed by atoms with E-state index in [1.54, 1.807) is 6.21 Å². The van der Waals surface area contributed by atoms with Crippen LogP contribution in [0.2, 0.25) is 0 Å². The Balaban J connectivity index is 1.50. The molecule has 6 nitrogen and oxygen atoms in total. The molecule has 1 aliphatic heterocycles. The molecule has 0 aliphatic carbocycles. The zero-order valence-corrected chi connectivity index (χ0v) is 15.0. The van der Waals surface area contributed by atoms with E-state index in [1.807, 2.05) is 6.07 Å². The number of nitrogens with zero attached hydrogens (tertiary/aromatic N) is 4. The Morgan fingerprint density at radius 2 is 1.92 bits per heavy atom. The Kier molecular flexibility index (Phi) is 4.39. The molecule has 0 amide bonds. The fourth-order valence-corrected chi connectivity index (χ4v) is 3.39. The molecule has 4 rings (SSSR count). The third-order valence-electron chi connectivity index (χ3n) is 4.88. The first-order chi connectivity index (χ1) is 12.7. The van der Waals surface area contributed by atoms with Crippen LogP contribution >= 0.6 is 0 Å². The number of aromatic nitrogens is 2. The third-order valence-corrected chi connectivity index (χ3v) is 4.88. The Morgan fingerprint density at radius 3 is 2.65 bits per heavy atom. The van der Waals surface area contributed by atoms with E-state index in [4.69, 9.17) is 5.73 Å². The number of pyridine rings is 1. The monoisotopic (exact) mass is 348 g/mol. The van der Waals surface area contributed by atoms with Crippen molar-refractivity contribution in [3.05, 3.63) is 60.4 Å². The lowest BCUT2D eigenvalue weighted by Crippen LogP contribution is -2.37. The maximum Gasteiger partial charge on any atom is 0.367 e. The average Bonchev–Trinajstić information content (AvgIpc) is 3.31. The zero-order chi connectivity index (χ0) is 17.9. The van der Waals surface area contributed by atoms with Crippen LogP contribution in [0.3, 0.4) is 0 Å². The molecular weight excluding hydrogens is 324 g/mol. The van der Waals surface area contributed by atoms with Gasteiger partial charge in [0.05, 0.1) is 32.5 Å². The van der Waals surface area contributed by atoms with Crippen molar-refractivity contribution < 1.29 is 8.98 Å². The molecule has 1 aromatic carbocycles. The van der Waals surface area contributed by atoms with Crippen molar-refractivity contribution in [2.75, 3.05) is 13.1 Å². The molecule has 3 aromatic rings. The highest BCUT2D eigenvalue weighted by molar-refractivity contribution is 5.82. The number of hydrazone groups is 1. The van der Waals surface area contributed by atoms with Crippen LogP contribution in [0.1, 0.15) is 18.4 Å². The highest BCUT2D eigenvalue weighted by Gasteiger charge is 2.15. The lowest BCUT2D eigenvalue weighted by Gasteiger charge is -2.00. The Hall–Kier alpha value is -3.15. The van der Waals surface area contributed by atoms with Crippen molar-refractivity contribution in [2.45, 2.75) is 12.8 Å². The summed E-state index contributed by atoms with van der Waals surface area (Å²) in [6.45, 7) is 2.01. The van der Waals surface area contributed by atoms with Crippen LogP contribution in [0.4, 0.5) is 0 Å². The highest BCUT2D eigenvalue weighted by Crippen LogP contribution is 2.19. The number of nitrogens with one attached hydrogen (secondary N) is 1. The molecule has 2 aromatic heterocycles. The maximum atomic E-state index is 6.01. The van der Waals surface area contributed by atoms with Gasteiger partial charge in [-0.1, -0.05) is 18.2 Å². The van der Waals surface area contributed by atoms with Crippen molar-refractivity contribution in [2.24, 2.45) is 17.9 Å². The SMILES string of the molecule is Cn1c(-c2ccc(/C=N/NC(N)=[N+]3CCCC3)cc2)c[n+]2ccccc12. The van der Waals surface area contributed by atoms with E-state index in [0.717, 1.165) is 24.3 Å². The zero-order valence-electron chi connectivity index (χ0n) is 15.0. The molecule has 0 saturated carbocycles. The van der Waals surface area contributed by atoms with Crippen molar-refractivity contribution >= 4 is 17.8 Å². The largest absolute Gasteiger partial charge is 0.367 e. The first kappa shape index (κ1) is 16.3. The summed E-state index contributed by atoms with van der Waals surface area (Å²) in [4.78, 5) is 0. The van der Waals surface area contributed by atoms with Gasteiger partial charge in [0.15, 0.2) is 5.69 Å². The van der Waals surface area contributed by atoms with Gasteiger partial charge in [0.2, 0.25) is 0 Å². The molecule has 1 saturated heterocycles. The number of rotatable bonds is 3. The third kappa shape index (κ3) is 3.18. The van der Waals surface area contributed by atoms with E-state index in [-0.39, 0.29) is 0 Å². The van der Waals surface area contributed by atoms with E-state index < -0.39 is 0 Å². The summed E-state index contributed by atoms with van der Waals surface area (Å²) in [7, 11) is 2.08. The summed E-state index contributed by atoms with van der Waals surface area (Å²) in [5.41, 5.74) is 13.5. The molecular formula is C20H24N6+2. The van der Waals surface area contributed by atoms with Gasteiger partial charge < -0.3 is 0 Å². The van der Waals surface area contributed by atoms with Gasteiger partial charge in [-0.05, 0) is 36.6 Å². The van der Waals surface area contributed by atoms with Gasteiger partial charge in [0.25, 0.3) is 5.65 Å². The van der Waals surface area contributed by atoms with Crippen LogP contribution in [-0.2, 0) is 7.05 Å². The van der Waals surface area contributed by atoms with Gasteiger partial charge >= 0.3 is 5.96 Å². The molecule has 1 fully saturated rings. The van der Waals surface area contributed by atoms with Crippen molar-refractivity contribution in [3.63, 3.8) is 0 Å². The van der Waals surface area contributed by atoms with E-state index in [2.05, 4.69) is 79.9 Å². The van der Waals surface area contributed by atoms with E-state index >= 15 is 0 Å². The summed E-state index contributed by atoms with van der Waals surface area (Å²) < 4.78 is 6.44. The van der Waals surface area contributed by atoms with Gasteiger partial charge in [-0.3, -0.25) is 10.3 Å². The number of imidazole rings is 1. The molecule has 3 N–H and O–H groups in total. The van der Waals surface area contributed by atoms with Gasteiger partial charge in [-0.15, -0.1) is 5.10 Å². The van der Waals surface area contributed by atoms with Crippen LogP contribution in [-0.4, -0.2) is 34.4 Å². The Morgan fingerprint density at radius 1 is 1.15 bits per heavy atom. The standard InChI is InChI=1S/C20H23N6/c1-24-18(15-26-13-3-2-6-19(24)26)17-9-7-16(8-10-17)14-22-23-20(21)25-11-4-5-12-25/h2-3,6-10,13-15H,4-5,11-12H2,1H3,(H2,21,23)/q+1/p+1/b22-14+. The molecule has 6 heteroatoms. The molecule has 0 radical (unpaired) electrons. The number of fused-ring (bicyclic) bond motifs is 1. The number of hydrogen-bond donors (Lipinski definition) is 2. The fraction of sp³-hybridized carbons (Fsp3) is 0.250. The maximum absolute atomic E-state index is 6.01. The van der Waals surface area contributed by atoms with Crippen LogP contribution in [0.5, 0.6) is 0 Å². The number of aryl methyl sites for hydroxylation is 1. The lowest BCUT2D eigenvalue weighted by atomic mass is 10.1. The van der Waals surface area contributed by atoms with E-state index in [9.17, 15) is 0 Å². The van der Waals surface area contributed by atoms with Crippen LogP contribution in [0.15, 0.2) is 60.0 Å². The molecule has 3 heterocycles. The van der Waals surface area contributed by atoms with Crippen LogP contribution in [0, 0.1) is 0 Å². The van der Waals surface area contributed by atoms with Crippen molar-refractivity contribution in [1.29, 1.82) is 0 Å². The number of guanidine groups is 1. The van der Waals surface area contributed by atoms with Crippen LogP contribution in [0.25, 0.3) is 16.9 Å². The summed E-state index contributed by atoms with van der Waals surface area (Å²) in [5, 5.41) is 4.25. The predicted octanol–water partition coefficient (Wildman–Crippen LogP) is 1.48. The minimum absolute atomic E-state index is 0.628. The molecule has 1 aliphatic rings. The van der Waals surface area contributed by atoms with Gasteiger partial charge in [-0.25, -0.2) is 8.97 Å². The second-order valence-corrected chi connectivity index (χ2v) is 6.61.